The van der Waals surface area contributed by atoms with Gasteiger partial charge in [-0.3, -0.25) is 4.79 Å². The van der Waals surface area contributed by atoms with Crippen LogP contribution in [0.5, 0.6) is 5.75 Å². The molecule has 1 rings (SSSR count). The van der Waals surface area contributed by atoms with Crippen LogP contribution in [-0.4, -0.2) is 45.9 Å². The van der Waals surface area contributed by atoms with Gasteiger partial charge in [0.25, 0.3) is 0 Å². The summed E-state index contributed by atoms with van der Waals surface area (Å²) < 4.78 is 26.3. The zero-order chi connectivity index (χ0) is 22.2. The molecule has 0 fully saturated rings. The fourth-order valence-electron chi connectivity index (χ4n) is 3.22. The van der Waals surface area contributed by atoms with Gasteiger partial charge in [0.05, 0.1) is 0 Å². The maximum absolute atomic E-state index is 11.9. The number of carbonyl (C=O) groups is 1. The molecule has 0 aliphatic carbocycles. The number of hydrogen-bond donors (Lipinski definition) is 2. The van der Waals surface area contributed by atoms with Gasteiger partial charge < -0.3 is 14.4 Å². The fraction of sp³-hybridized carbons (Fsp3) is 0.682. The Hall–Kier alpha value is -1.64. The summed E-state index contributed by atoms with van der Waals surface area (Å²) in [5.74, 6) is 0.251. The van der Waals surface area contributed by atoms with Crippen LogP contribution >= 0.6 is 0 Å². The average molecular weight is 442 g/mol. The minimum Gasteiger partial charge on any atom is -0.371 e. The molecule has 1 aromatic rings. The van der Waals surface area contributed by atoms with Crippen LogP contribution < -0.4 is 14.6 Å². The lowest BCUT2D eigenvalue weighted by molar-refractivity contribution is -0.121. The van der Waals surface area contributed by atoms with E-state index in [1.54, 1.807) is 24.3 Å². The molecule has 1 amide bonds. The van der Waals surface area contributed by atoms with Gasteiger partial charge in [-0.1, -0.05) is 51.2 Å². The van der Waals surface area contributed by atoms with E-state index in [1.807, 2.05) is 0 Å². The highest BCUT2D eigenvalue weighted by Gasteiger charge is 2.05. The second-order valence-corrected chi connectivity index (χ2v) is 9.00. The van der Waals surface area contributed by atoms with Crippen LogP contribution in [0.2, 0.25) is 0 Å². The van der Waals surface area contributed by atoms with Crippen molar-refractivity contribution in [3.8, 4) is 5.75 Å². The van der Waals surface area contributed by atoms with Gasteiger partial charge in [0.1, 0.15) is 5.75 Å². The third-order valence-electron chi connectivity index (χ3n) is 4.96. The standard InChI is InChI=1S/C22H39N3O4S/c1-3-4-5-6-9-18-25(2)19-10-7-8-11-22(26)24-17-16-20-12-14-21(15-13-20)29-30(23,27)28/h12-15H,3-11,16-19H2,1-2H3,(H,24,26)(H2,23,27,28). The molecule has 0 bridgehead atoms. The van der Waals surface area contributed by atoms with E-state index in [0.29, 0.717) is 19.4 Å². The van der Waals surface area contributed by atoms with Crippen molar-refractivity contribution in [2.75, 3.05) is 26.7 Å². The highest BCUT2D eigenvalue weighted by atomic mass is 32.2. The normalized spacial score (nSPS) is 11.6. The number of nitrogens with one attached hydrogen (secondary N) is 1. The first-order valence-corrected chi connectivity index (χ1v) is 12.5. The summed E-state index contributed by atoms with van der Waals surface area (Å²) in [4.78, 5) is 14.3. The topological polar surface area (TPSA) is 102 Å². The van der Waals surface area contributed by atoms with E-state index in [1.165, 1.54) is 38.6 Å². The monoisotopic (exact) mass is 441 g/mol. The van der Waals surface area contributed by atoms with Crippen molar-refractivity contribution >= 4 is 16.2 Å². The van der Waals surface area contributed by atoms with Crippen molar-refractivity contribution in [3.05, 3.63) is 29.8 Å². The molecule has 8 heteroatoms. The van der Waals surface area contributed by atoms with Crippen LogP contribution in [0.1, 0.15) is 70.3 Å². The van der Waals surface area contributed by atoms with Gasteiger partial charge in [0.2, 0.25) is 5.91 Å². The first-order valence-electron chi connectivity index (χ1n) is 11.1. The number of nitrogens with two attached hydrogens (primary N) is 1. The molecule has 0 spiro atoms. The number of rotatable bonds is 17. The Morgan fingerprint density at radius 3 is 2.20 bits per heavy atom. The summed E-state index contributed by atoms with van der Waals surface area (Å²) in [5.41, 5.74) is 0.981. The van der Waals surface area contributed by atoms with E-state index < -0.39 is 10.3 Å². The van der Waals surface area contributed by atoms with Crippen LogP contribution in [0.4, 0.5) is 0 Å². The number of unbranched alkanes of at least 4 members (excludes halogenated alkanes) is 6. The van der Waals surface area contributed by atoms with Gasteiger partial charge in [-0.05, 0) is 63.5 Å². The fourth-order valence-corrected chi connectivity index (χ4v) is 3.60. The molecule has 0 unspecified atom stereocenters. The third-order valence-corrected chi connectivity index (χ3v) is 5.38. The maximum Gasteiger partial charge on any atom is 0.380 e. The van der Waals surface area contributed by atoms with Crippen molar-refractivity contribution in [1.82, 2.24) is 10.2 Å². The number of benzene rings is 1. The summed E-state index contributed by atoms with van der Waals surface area (Å²) in [6.45, 7) is 5.05. The molecule has 0 aromatic heterocycles. The molecule has 1 aromatic carbocycles. The van der Waals surface area contributed by atoms with Gasteiger partial charge in [-0.15, -0.1) is 0 Å². The van der Waals surface area contributed by atoms with Gasteiger partial charge in [-0.25, -0.2) is 0 Å². The maximum atomic E-state index is 11.9. The van der Waals surface area contributed by atoms with Crippen LogP contribution in [0.15, 0.2) is 24.3 Å². The van der Waals surface area contributed by atoms with E-state index >= 15 is 0 Å². The lowest BCUT2D eigenvalue weighted by Gasteiger charge is -2.16. The number of carbonyl (C=O) groups excluding carboxylic acids is 1. The molecule has 0 heterocycles. The van der Waals surface area contributed by atoms with Crippen molar-refractivity contribution < 1.29 is 17.4 Å². The molecular formula is C22H39N3O4S. The summed E-state index contributed by atoms with van der Waals surface area (Å²) in [6.07, 6.45) is 10.9. The molecular weight excluding hydrogens is 402 g/mol. The molecule has 0 radical (unpaired) electrons. The summed E-state index contributed by atoms with van der Waals surface area (Å²) in [6, 6.07) is 6.60. The van der Waals surface area contributed by atoms with Crippen molar-refractivity contribution in [2.45, 2.75) is 71.1 Å². The van der Waals surface area contributed by atoms with Crippen molar-refractivity contribution in [1.29, 1.82) is 0 Å². The molecule has 0 aliphatic heterocycles. The summed E-state index contributed by atoms with van der Waals surface area (Å²) >= 11 is 0. The number of hydrogen-bond acceptors (Lipinski definition) is 5. The van der Waals surface area contributed by atoms with Gasteiger partial charge in [0, 0.05) is 13.0 Å². The van der Waals surface area contributed by atoms with E-state index in [9.17, 15) is 13.2 Å². The summed E-state index contributed by atoms with van der Waals surface area (Å²) in [5, 5.41) is 7.76. The molecule has 7 nitrogen and oxygen atoms in total. The largest absolute Gasteiger partial charge is 0.380 e. The van der Waals surface area contributed by atoms with Crippen molar-refractivity contribution in [3.63, 3.8) is 0 Å². The Kier molecular flexibility index (Phi) is 13.4. The van der Waals surface area contributed by atoms with Gasteiger partial charge >= 0.3 is 10.3 Å². The first kappa shape index (κ1) is 26.4. The highest BCUT2D eigenvalue weighted by Crippen LogP contribution is 2.13. The van der Waals surface area contributed by atoms with E-state index in [2.05, 4.69) is 28.4 Å². The predicted molar refractivity (Wildman–Crippen MR) is 122 cm³/mol. The zero-order valence-corrected chi connectivity index (χ0v) is 19.4. The summed E-state index contributed by atoms with van der Waals surface area (Å²) in [7, 11) is -1.82. The molecule has 30 heavy (non-hydrogen) atoms. The minimum absolute atomic E-state index is 0.0773. The predicted octanol–water partition coefficient (Wildman–Crippen LogP) is 3.39. The van der Waals surface area contributed by atoms with Crippen LogP contribution in [-0.2, 0) is 21.5 Å². The van der Waals surface area contributed by atoms with Crippen LogP contribution in [0.3, 0.4) is 0 Å². The molecule has 0 atom stereocenters. The number of nitrogens with zero attached hydrogens (tertiary/aromatic N) is 1. The van der Waals surface area contributed by atoms with Gasteiger partial charge in [-0.2, -0.15) is 13.6 Å². The molecule has 0 aliphatic rings. The third kappa shape index (κ3) is 14.4. The quantitative estimate of drug-likeness (QED) is 0.361. The molecule has 0 saturated carbocycles. The van der Waals surface area contributed by atoms with Crippen LogP contribution in [0, 0.1) is 0 Å². The van der Waals surface area contributed by atoms with E-state index in [0.717, 1.165) is 31.4 Å². The Labute approximate surface area is 182 Å². The Balaban J connectivity index is 2.04. The molecule has 3 N–H and O–H groups in total. The van der Waals surface area contributed by atoms with Crippen LogP contribution in [0.25, 0.3) is 0 Å². The lowest BCUT2D eigenvalue weighted by Crippen LogP contribution is -2.25. The second-order valence-electron chi connectivity index (χ2n) is 7.85. The van der Waals surface area contributed by atoms with E-state index in [4.69, 9.17) is 5.14 Å². The second kappa shape index (κ2) is 15.2. The molecule has 172 valence electrons. The first-order chi connectivity index (χ1) is 14.3. The van der Waals surface area contributed by atoms with Crippen molar-refractivity contribution in [2.24, 2.45) is 5.14 Å². The Bertz CT molecular complexity index is 693. The SMILES string of the molecule is CCCCCCCN(C)CCCCCC(=O)NCCc1ccc(OS(N)(=O)=O)cc1. The Morgan fingerprint density at radius 2 is 1.60 bits per heavy atom. The average Bonchev–Trinajstić information content (AvgIpc) is 2.68. The minimum atomic E-state index is -4.00. The van der Waals surface area contributed by atoms with E-state index in [-0.39, 0.29) is 11.7 Å². The zero-order valence-electron chi connectivity index (χ0n) is 18.6. The smallest absolute Gasteiger partial charge is 0.371 e. The highest BCUT2D eigenvalue weighted by molar-refractivity contribution is 7.84. The number of amides is 1. The Morgan fingerprint density at radius 1 is 1.00 bits per heavy atom. The lowest BCUT2D eigenvalue weighted by atomic mass is 10.1. The molecule has 0 saturated heterocycles. The van der Waals surface area contributed by atoms with Gasteiger partial charge in [0.15, 0.2) is 0 Å².